The van der Waals surface area contributed by atoms with Crippen LogP contribution in [0.25, 0.3) is 0 Å². The number of aliphatic carboxylic acids is 1. The van der Waals surface area contributed by atoms with Gasteiger partial charge in [0, 0.05) is 5.02 Å². The number of unbranched alkanes of at least 4 members (excludes halogenated alkanes) is 1. The van der Waals surface area contributed by atoms with E-state index < -0.39 is 17.5 Å². The first kappa shape index (κ1) is 16.0. The van der Waals surface area contributed by atoms with Crippen LogP contribution in [-0.2, 0) is 10.4 Å². The Bertz CT molecular complexity index is 416. The van der Waals surface area contributed by atoms with Crippen molar-refractivity contribution >= 4 is 17.6 Å². The zero-order valence-electron chi connectivity index (χ0n) is 11.4. The van der Waals surface area contributed by atoms with Crippen molar-refractivity contribution in [2.24, 2.45) is 5.92 Å². The molecular formula is C15H21ClO3. The highest BCUT2D eigenvalue weighted by Crippen LogP contribution is 2.36. The second-order valence-electron chi connectivity index (χ2n) is 4.82. The molecule has 2 unspecified atom stereocenters. The Kier molecular flexibility index (Phi) is 5.83. The van der Waals surface area contributed by atoms with E-state index in [-0.39, 0.29) is 0 Å². The van der Waals surface area contributed by atoms with Gasteiger partial charge < -0.3 is 10.2 Å². The summed E-state index contributed by atoms with van der Waals surface area (Å²) in [7, 11) is 0. The number of carboxylic acid groups (broad SMARTS) is 1. The lowest BCUT2D eigenvalue weighted by Gasteiger charge is -2.33. The van der Waals surface area contributed by atoms with Crippen LogP contribution in [0.15, 0.2) is 24.3 Å². The van der Waals surface area contributed by atoms with Gasteiger partial charge in [0.25, 0.3) is 0 Å². The topological polar surface area (TPSA) is 57.5 Å². The summed E-state index contributed by atoms with van der Waals surface area (Å²) in [4.78, 5) is 11.5. The average molecular weight is 285 g/mol. The first-order valence-corrected chi connectivity index (χ1v) is 7.04. The van der Waals surface area contributed by atoms with E-state index in [0.717, 1.165) is 12.8 Å². The van der Waals surface area contributed by atoms with Gasteiger partial charge in [-0.3, -0.25) is 4.79 Å². The van der Waals surface area contributed by atoms with E-state index in [2.05, 4.69) is 0 Å². The second-order valence-corrected chi connectivity index (χ2v) is 5.25. The minimum atomic E-state index is -1.34. The number of benzene rings is 1. The first-order valence-electron chi connectivity index (χ1n) is 6.67. The summed E-state index contributed by atoms with van der Waals surface area (Å²) in [6.07, 6.45) is 2.52. The minimum absolute atomic E-state index is 0.356. The van der Waals surface area contributed by atoms with Gasteiger partial charge in [-0.2, -0.15) is 0 Å². The molecule has 0 bridgehead atoms. The molecule has 0 aliphatic carbocycles. The highest BCUT2D eigenvalue weighted by molar-refractivity contribution is 6.30. The number of halogens is 1. The van der Waals surface area contributed by atoms with Gasteiger partial charge in [0.1, 0.15) is 5.60 Å². The van der Waals surface area contributed by atoms with Crippen molar-refractivity contribution < 1.29 is 15.0 Å². The third-order valence-corrected chi connectivity index (χ3v) is 3.86. The molecule has 0 aliphatic heterocycles. The Hall–Kier alpha value is -1.06. The Morgan fingerprint density at radius 3 is 2.32 bits per heavy atom. The molecule has 0 amide bonds. The first-order chi connectivity index (χ1) is 8.95. The molecule has 0 heterocycles. The molecule has 0 aromatic heterocycles. The van der Waals surface area contributed by atoms with Gasteiger partial charge in [-0.25, -0.2) is 0 Å². The van der Waals surface area contributed by atoms with E-state index in [1.165, 1.54) is 0 Å². The van der Waals surface area contributed by atoms with Gasteiger partial charge in [-0.05, 0) is 30.5 Å². The van der Waals surface area contributed by atoms with Crippen LogP contribution in [0.3, 0.4) is 0 Å². The number of carboxylic acids is 1. The van der Waals surface area contributed by atoms with Crippen LogP contribution in [0.1, 0.15) is 45.1 Å². The summed E-state index contributed by atoms with van der Waals surface area (Å²) >= 11 is 5.83. The SMILES string of the molecule is CCCCC(C(=O)O)C(O)(CC)c1ccc(Cl)cc1. The van der Waals surface area contributed by atoms with Crippen LogP contribution >= 0.6 is 11.6 Å². The van der Waals surface area contributed by atoms with Gasteiger partial charge in [-0.1, -0.05) is 50.4 Å². The zero-order valence-corrected chi connectivity index (χ0v) is 12.2. The summed E-state index contributed by atoms with van der Waals surface area (Å²) in [5, 5.41) is 20.8. The minimum Gasteiger partial charge on any atom is -0.481 e. The third kappa shape index (κ3) is 3.71. The molecule has 19 heavy (non-hydrogen) atoms. The lowest BCUT2D eigenvalue weighted by Crippen LogP contribution is -2.39. The smallest absolute Gasteiger partial charge is 0.309 e. The van der Waals surface area contributed by atoms with E-state index >= 15 is 0 Å². The molecule has 2 atom stereocenters. The van der Waals surface area contributed by atoms with Crippen molar-refractivity contribution in [2.75, 3.05) is 0 Å². The van der Waals surface area contributed by atoms with Crippen molar-refractivity contribution in [3.63, 3.8) is 0 Å². The van der Waals surface area contributed by atoms with Crippen LogP contribution in [-0.4, -0.2) is 16.2 Å². The number of hydrogen-bond acceptors (Lipinski definition) is 2. The Morgan fingerprint density at radius 2 is 1.89 bits per heavy atom. The maximum absolute atomic E-state index is 11.5. The molecule has 0 fully saturated rings. The molecular weight excluding hydrogens is 264 g/mol. The molecule has 1 rings (SSSR count). The molecule has 0 spiro atoms. The molecule has 1 aromatic rings. The predicted octanol–water partition coefficient (Wildman–Crippen LogP) is 3.83. The summed E-state index contributed by atoms with van der Waals surface area (Å²) < 4.78 is 0. The normalized spacial score (nSPS) is 15.8. The number of hydrogen-bond donors (Lipinski definition) is 2. The fourth-order valence-corrected chi connectivity index (χ4v) is 2.49. The van der Waals surface area contributed by atoms with E-state index in [9.17, 15) is 15.0 Å². The van der Waals surface area contributed by atoms with Crippen molar-refractivity contribution in [2.45, 2.75) is 45.1 Å². The standard InChI is InChI=1S/C15H21ClO3/c1-3-5-6-13(14(17)18)15(19,4-2)11-7-9-12(16)10-8-11/h7-10,13,19H,3-6H2,1-2H3,(H,17,18). The Labute approximate surface area is 119 Å². The molecule has 0 saturated heterocycles. The van der Waals surface area contributed by atoms with Crippen LogP contribution in [0.5, 0.6) is 0 Å². The van der Waals surface area contributed by atoms with E-state index in [1.807, 2.05) is 6.92 Å². The maximum atomic E-state index is 11.5. The van der Waals surface area contributed by atoms with E-state index in [0.29, 0.717) is 23.4 Å². The molecule has 0 aliphatic rings. The summed E-state index contributed by atoms with van der Waals surface area (Å²) in [5.74, 6) is -1.74. The van der Waals surface area contributed by atoms with E-state index in [4.69, 9.17) is 11.6 Å². The fourth-order valence-electron chi connectivity index (χ4n) is 2.36. The highest BCUT2D eigenvalue weighted by atomic mass is 35.5. The van der Waals surface area contributed by atoms with Crippen molar-refractivity contribution in [3.05, 3.63) is 34.9 Å². The largest absolute Gasteiger partial charge is 0.481 e. The molecule has 4 heteroatoms. The molecule has 1 aromatic carbocycles. The van der Waals surface area contributed by atoms with Gasteiger partial charge in [-0.15, -0.1) is 0 Å². The molecule has 0 radical (unpaired) electrons. The summed E-state index contributed by atoms with van der Waals surface area (Å²) in [6.45, 7) is 3.81. The van der Waals surface area contributed by atoms with Crippen molar-refractivity contribution in [1.29, 1.82) is 0 Å². The monoisotopic (exact) mass is 284 g/mol. The number of carbonyl (C=O) groups is 1. The van der Waals surface area contributed by atoms with Crippen LogP contribution in [0.2, 0.25) is 5.02 Å². The lowest BCUT2D eigenvalue weighted by molar-refractivity contribution is -0.154. The molecule has 2 N–H and O–H groups in total. The Balaban J connectivity index is 3.11. The average Bonchev–Trinajstić information content (AvgIpc) is 2.39. The quantitative estimate of drug-likeness (QED) is 0.800. The predicted molar refractivity (Wildman–Crippen MR) is 76.3 cm³/mol. The van der Waals surface area contributed by atoms with E-state index in [1.54, 1.807) is 31.2 Å². The molecule has 0 saturated carbocycles. The number of aliphatic hydroxyl groups is 1. The van der Waals surface area contributed by atoms with Crippen molar-refractivity contribution in [1.82, 2.24) is 0 Å². The highest BCUT2D eigenvalue weighted by Gasteiger charge is 2.41. The summed E-state index contributed by atoms with van der Waals surface area (Å²) in [5.41, 5.74) is -0.728. The Morgan fingerprint density at radius 1 is 1.32 bits per heavy atom. The van der Waals surface area contributed by atoms with Gasteiger partial charge in [0.15, 0.2) is 0 Å². The van der Waals surface area contributed by atoms with Crippen LogP contribution < -0.4 is 0 Å². The third-order valence-electron chi connectivity index (χ3n) is 3.60. The molecule has 3 nitrogen and oxygen atoms in total. The van der Waals surface area contributed by atoms with Crippen LogP contribution in [0.4, 0.5) is 0 Å². The summed E-state index contributed by atoms with van der Waals surface area (Å²) in [6, 6.07) is 6.76. The molecule has 106 valence electrons. The van der Waals surface area contributed by atoms with Gasteiger partial charge in [0.2, 0.25) is 0 Å². The van der Waals surface area contributed by atoms with Crippen molar-refractivity contribution in [3.8, 4) is 0 Å². The zero-order chi connectivity index (χ0) is 14.5. The number of rotatable bonds is 7. The van der Waals surface area contributed by atoms with Crippen LogP contribution in [0, 0.1) is 5.92 Å². The lowest BCUT2D eigenvalue weighted by atomic mass is 9.77. The van der Waals surface area contributed by atoms with Gasteiger partial charge in [0.05, 0.1) is 5.92 Å². The van der Waals surface area contributed by atoms with Gasteiger partial charge >= 0.3 is 5.97 Å². The maximum Gasteiger partial charge on any atom is 0.309 e. The second kappa shape index (κ2) is 6.92. The fraction of sp³-hybridized carbons (Fsp3) is 0.533.